The van der Waals surface area contributed by atoms with Gasteiger partial charge in [0.15, 0.2) is 0 Å². The van der Waals surface area contributed by atoms with Crippen LogP contribution in [0.4, 0.5) is 0 Å². The number of benzene rings is 3. The first-order chi connectivity index (χ1) is 15.5. The summed E-state index contributed by atoms with van der Waals surface area (Å²) < 4.78 is 0. The zero-order valence-electron chi connectivity index (χ0n) is 19.3. The van der Waals surface area contributed by atoms with E-state index in [-0.39, 0.29) is 0 Å². The van der Waals surface area contributed by atoms with Crippen LogP contribution in [0.2, 0.25) is 0 Å². The second-order valence-electron chi connectivity index (χ2n) is 9.27. The summed E-state index contributed by atoms with van der Waals surface area (Å²) in [6.45, 7) is 11.3. The zero-order chi connectivity index (χ0) is 22.2. The lowest BCUT2D eigenvalue weighted by Gasteiger charge is -2.15. The highest BCUT2D eigenvalue weighted by molar-refractivity contribution is 5.93. The Bertz CT molecular complexity index is 1280. The Morgan fingerprint density at radius 1 is 0.875 bits per heavy atom. The van der Waals surface area contributed by atoms with Crippen LogP contribution in [0.15, 0.2) is 108 Å². The third kappa shape index (κ3) is 3.71. The number of allylic oxidation sites excluding steroid dienone is 7. The highest BCUT2D eigenvalue weighted by Gasteiger charge is 2.31. The molecule has 2 aliphatic rings. The van der Waals surface area contributed by atoms with E-state index in [1.54, 1.807) is 0 Å². The van der Waals surface area contributed by atoms with E-state index in [1.165, 1.54) is 61.2 Å². The minimum atomic E-state index is 0.406. The molecular weight excluding hydrogens is 384 g/mol. The molecule has 0 saturated carbocycles. The fourth-order valence-corrected chi connectivity index (χ4v) is 5.16. The van der Waals surface area contributed by atoms with Crippen molar-refractivity contribution in [2.45, 2.75) is 39.5 Å². The lowest BCUT2D eigenvalue weighted by molar-refractivity contribution is 0.802. The number of aryl methyl sites for hydroxylation is 2. The van der Waals surface area contributed by atoms with Gasteiger partial charge in [0.1, 0.15) is 0 Å². The largest absolute Gasteiger partial charge is 0.0908 e. The minimum absolute atomic E-state index is 0.406. The third-order valence-electron chi connectivity index (χ3n) is 7.00. The molecule has 0 bridgehead atoms. The van der Waals surface area contributed by atoms with Crippen molar-refractivity contribution in [1.82, 2.24) is 0 Å². The van der Waals surface area contributed by atoms with E-state index < -0.39 is 0 Å². The van der Waals surface area contributed by atoms with Crippen LogP contribution < -0.4 is 0 Å². The van der Waals surface area contributed by atoms with Gasteiger partial charge in [-0.2, -0.15) is 0 Å². The number of hydrogen-bond donors (Lipinski definition) is 0. The molecule has 5 rings (SSSR count). The van der Waals surface area contributed by atoms with Crippen LogP contribution in [0, 0.1) is 13.8 Å². The van der Waals surface area contributed by atoms with Crippen molar-refractivity contribution in [3.05, 3.63) is 142 Å². The number of fused-ring (bicyclic) bond motifs is 1. The SMILES string of the molecule is C=C(C1=CC(c2ccccc2)=CC1)C1=C(C)C(Cc2ccc(C)cc2)c2ccc(C)cc21. The van der Waals surface area contributed by atoms with Gasteiger partial charge < -0.3 is 0 Å². The van der Waals surface area contributed by atoms with Gasteiger partial charge in [-0.15, -0.1) is 0 Å². The molecule has 2 aliphatic carbocycles. The molecule has 3 aromatic rings. The lowest BCUT2D eigenvalue weighted by Crippen LogP contribution is -2.02. The van der Waals surface area contributed by atoms with Crippen molar-refractivity contribution in [2.75, 3.05) is 0 Å². The topological polar surface area (TPSA) is 0 Å². The monoisotopic (exact) mass is 414 g/mol. The van der Waals surface area contributed by atoms with Gasteiger partial charge in [0.05, 0.1) is 0 Å². The fourth-order valence-electron chi connectivity index (χ4n) is 5.16. The van der Waals surface area contributed by atoms with E-state index in [9.17, 15) is 0 Å². The van der Waals surface area contributed by atoms with Crippen molar-refractivity contribution in [1.29, 1.82) is 0 Å². The Hall–Kier alpha value is -3.38. The van der Waals surface area contributed by atoms with Crippen LogP contribution in [0.3, 0.4) is 0 Å². The third-order valence-corrected chi connectivity index (χ3v) is 7.00. The molecule has 0 amide bonds. The van der Waals surface area contributed by atoms with E-state index in [2.05, 4.69) is 112 Å². The van der Waals surface area contributed by atoms with Gasteiger partial charge in [0.2, 0.25) is 0 Å². The molecule has 1 unspecified atom stereocenters. The summed E-state index contributed by atoms with van der Waals surface area (Å²) in [5.74, 6) is 0.406. The highest BCUT2D eigenvalue weighted by Crippen LogP contribution is 2.49. The average molecular weight is 415 g/mol. The summed E-state index contributed by atoms with van der Waals surface area (Å²) >= 11 is 0. The Balaban J connectivity index is 1.51. The molecule has 0 nitrogen and oxygen atoms in total. The van der Waals surface area contributed by atoms with E-state index in [0.29, 0.717) is 5.92 Å². The molecule has 1 atom stereocenters. The molecule has 0 radical (unpaired) electrons. The molecule has 0 fully saturated rings. The van der Waals surface area contributed by atoms with Crippen molar-refractivity contribution in [3.63, 3.8) is 0 Å². The molecule has 0 spiro atoms. The normalized spacial score (nSPS) is 17.3. The standard InChI is InChI=1S/C32H30/c1-21-10-13-25(14-11-21)19-30-24(4)32(31-18-22(2)12-17-29(30)31)23(3)27-15-16-28(20-27)26-8-6-5-7-9-26/h5-14,16-18,20,30H,3,15,19H2,1-2,4H3. The van der Waals surface area contributed by atoms with E-state index in [1.807, 2.05) is 0 Å². The van der Waals surface area contributed by atoms with Crippen molar-refractivity contribution in [3.8, 4) is 0 Å². The number of rotatable bonds is 5. The van der Waals surface area contributed by atoms with Crippen LogP contribution in [0.25, 0.3) is 11.1 Å². The second kappa shape index (κ2) is 8.28. The average Bonchev–Trinajstić information content (AvgIpc) is 3.39. The van der Waals surface area contributed by atoms with Crippen LogP contribution in [-0.2, 0) is 6.42 Å². The maximum Gasteiger partial charge on any atom is 0.0101 e. The summed E-state index contributed by atoms with van der Waals surface area (Å²) in [5, 5.41) is 0. The summed E-state index contributed by atoms with van der Waals surface area (Å²) in [6.07, 6.45) is 6.65. The van der Waals surface area contributed by atoms with Crippen LogP contribution in [0.5, 0.6) is 0 Å². The predicted molar refractivity (Wildman–Crippen MR) is 138 cm³/mol. The summed E-state index contributed by atoms with van der Waals surface area (Å²) in [5.41, 5.74) is 14.7. The van der Waals surface area contributed by atoms with Gasteiger partial charge in [-0.1, -0.05) is 108 Å². The summed E-state index contributed by atoms with van der Waals surface area (Å²) in [7, 11) is 0. The molecule has 0 aliphatic heterocycles. The summed E-state index contributed by atoms with van der Waals surface area (Å²) in [4.78, 5) is 0. The molecular formula is C32H30. The molecule has 158 valence electrons. The first-order valence-electron chi connectivity index (χ1n) is 11.5. The Morgan fingerprint density at radius 2 is 1.59 bits per heavy atom. The molecule has 0 heterocycles. The van der Waals surface area contributed by atoms with Gasteiger partial charge in [0.25, 0.3) is 0 Å². The molecule has 3 aromatic carbocycles. The predicted octanol–water partition coefficient (Wildman–Crippen LogP) is 8.39. The van der Waals surface area contributed by atoms with Gasteiger partial charge in [-0.05, 0) is 78.2 Å². The van der Waals surface area contributed by atoms with Crippen LogP contribution in [0.1, 0.15) is 52.6 Å². The Morgan fingerprint density at radius 3 is 2.34 bits per heavy atom. The van der Waals surface area contributed by atoms with Crippen LogP contribution in [-0.4, -0.2) is 0 Å². The van der Waals surface area contributed by atoms with Gasteiger partial charge in [0, 0.05) is 5.92 Å². The maximum atomic E-state index is 4.62. The zero-order valence-corrected chi connectivity index (χ0v) is 19.3. The Labute approximate surface area is 192 Å². The first-order valence-corrected chi connectivity index (χ1v) is 11.5. The van der Waals surface area contributed by atoms with Crippen molar-refractivity contribution in [2.24, 2.45) is 0 Å². The van der Waals surface area contributed by atoms with Gasteiger partial charge in [-0.3, -0.25) is 0 Å². The maximum absolute atomic E-state index is 4.62. The Kier molecular flexibility index (Phi) is 5.31. The minimum Gasteiger partial charge on any atom is -0.0908 e. The molecule has 32 heavy (non-hydrogen) atoms. The highest BCUT2D eigenvalue weighted by atomic mass is 14.3. The quantitative estimate of drug-likeness (QED) is 0.393. The smallest absolute Gasteiger partial charge is 0.0101 e. The van der Waals surface area contributed by atoms with E-state index >= 15 is 0 Å². The molecule has 0 saturated heterocycles. The van der Waals surface area contributed by atoms with Crippen molar-refractivity contribution < 1.29 is 0 Å². The second-order valence-corrected chi connectivity index (χ2v) is 9.27. The molecule has 0 aromatic heterocycles. The fraction of sp³-hybridized carbons (Fsp3) is 0.188. The molecule has 0 N–H and O–H groups in total. The van der Waals surface area contributed by atoms with Crippen molar-refractivity contribution >= 4 is 11.1 Å². The van der Waals surface area contributed by atoms with Gasteiger partial charge >= 0.3 is 0 Å². The molecule has 0 heteroatoms. The first kappa shape index (κ1) is 20.5. The van der Waals surface area contributed by atoms with Gasteiger partial charge in [-0.25, -0.2) is 0 Å². The lowest BCUT2D eigenvalue weighted by atomic mass is 9.89. The van der Waals surface area contributed by atoms with E-state index in [4.69, 9.17) is 0 Å². The number of hydrogen-bond acceptors (Lipinski definition) is 0. The van der Waals surface area contributed by atoms with Crippen LogP contribution >= 0.6 is 0 Å². The van der Waals surface area contributed by atoms with E-state index in [0.717, 1.165) is 12.8 Å². The summed E-state index contributed by atoms with van der Waals surface area (Å²) in [6, 6.07) is 26.6.